The van der Waals surface area contributed by atoms with Gasteiger partial charge >= 0.3 is 0 Å². The molecular formula is C23H29NO4. The third-order valence-electron chi connectivity index (χ3n) is 5.15. The highest BCUT2D eigenvalue weighted by Crippen LogP contribution is 2.41. The second-order valence-electron chi connectivity index (χ2n) is 8.04. The Kier molecular flexibility index (Phi) is 5.54. The SMILES string of the molecule is COc1ccc2c(c1)[C@H](NC(=O)[C@H](C)Oc1ccc(C)c(C)c1)CC(C)(C)O2. The lowest BCUT2D eigenvalue weighted by molar-refractivity contribution is -0.128. The molecule has 5 heteroatoms. The normalized spacial score (nSPS) is 18.4. The molecule has 1 N–H and O–H groups in total. The molecule has 0 fully saturated rings. The van der Waals surface area contributed by atoms with Crippen LogP contribution in [0.3, 0.4) is 0 Å². The smallest absolute Gasteiger partial charge is 0.261 e. The summed E-state index contributed by atoms with van der Waals surface area (Å²) in [6.07, 6.45) is 0.0528. The first-order valence-corrected chi connectivity index (χ1v) is 9.60. The zero-order valence-corrected chi connectivity index (χ0v) is 17.5. The van der Waals surface area contributed by atoms with E-state index in [2.05, 4.69) is 5.32 Å². The molecule has 0 unspecified atom stereocenters. The molecule has 0 aromatic heterocycles. The second kappa shape index (κ2) is 7.74. The molecule has 0 spiro atoms. The van der Waals surface area contributed by atoms with Crippen LogP contribution in [0.5, 0.6) is 17.2 Å². The highest BCUT2D eigenvalue weighted by molar-refractivity contribution is 5.81. The molecule has 0 saturated heterocycles. The molecule has 1 aliphatic rings. The van der Waals surface area contributed by atoms with Gasteiger partial charge in [-0.1, -0.05) is 6.07 Å². The molecule has 0 radical (unpaired) electrons. The fourth-order valence-corrected chi connectivity index (χ4v) is 3.42. The average molecular weight is 383 g/mol. The molecule has 5 nitrogen and oxygen atoms in total. The number of carbonyl (C=O) groups excluding carboxylic acids is 1. The highest BCUT2D eigenvalue weighted by Gasteiger charge is 2.35. The first kappa shape index (κ1) is 20.1. The van der Waals surface area contributed by atoms with Gasteiger partial charge in [0.1, 0.15) is 22.8 Å². The molecule has 150 valence electrons. The van der Waals surface area contributed by atoms with E-state index in [0.717, 1.165) is 22.6 Å². The molecule has 1 aliphatic heterocycles. The minimum atomic E-state index is -0.609. The Balaban J connectivity index is 1.76. The minimum Gasteiger partial charge on any atom is -0.497 e. The van der Waals surface area contributed by atoms with Gasteiger partial charge in [-0.2, -0.15) is 0 Å². The molecule has 28 heavy (non-hydrogen) atoms. The molecule has 1 heterocycles. The molecule has 2 aromatic rings. The quantitative estimate of drug-likeness (QED) is 0.826. The van der Waals surface area contributed by atoms with E-state index >= 15 is 0 Å². The van der Waals surface area contributed by atoms with Crippen molar-refractivity contribution < 1.29 is 19.0 Å². The lowest BCUT2D eigenvalue weighted by Gasteiger charge is -2.38. The first-order valence-electron chi connectivity index (χ1n) is 9.60. The molecule has 1 amide bonds. The number of aryl methyl sites for hydroxylation is 2. The van der Waals surface area contributed by atoms with E-state index in [9.17, 15) is 4.79 Å². The van der Waals surface area contributed by atoms with Crippen molar-refractivity contribution in [1.82, 2.24) is 5.32 Å². The van der Waals surface area contributed by atoms with Gasteiger partial charge in [-0.25, -0.2) is 0 Å². The fourth-order valence-electron chi connectivity index (χ4n) is 3.42. The van der Waals surface area contributed by atoms with Crippen LogP contribution in [0.15, 0.2) is 36.4 Å². The van der Waals surface area contributed by atoms with Crippen LogP contribution < -0.4 is 19.5 Å². The Morgan fingerprint density at radius 3 is 2.54 bits per heavy atom. The maximum absolute atomic E-state index is 12.8. The summed E-state index contributed by atoms with van der Waals surface area (Å²) in [4.78, 5) is 12.8. The predicted octanol–water partition coefficient (Wildman–Crippen LogP) is 4.50. The van der Waals surface area contributed by atoms with Gasteiger partial charge in [0, 0.05) is 12.0 Å². The number of hydrogen-bond donors (Lipinski definition) is 1. The van der Waals surface area contributed by atoms with E-state index < -0.39 is 6.10 Å². The Morgan fingerprint density at radius 1 is 1.14 bits per heavy atom. The minimum absolute atomic E-state index is 0.158. The maximum atomic E-state index is 12.8. The number of amides is 1. The van der Waals surface area contributed by atoms with Gasteiger partial charge < -0.3 is 19.5 Å². The molecule has 2 aromatic carbocycles. The summed E-state index contributed by atoms with van der Waals surface area (Å²) in [5.74, 6) is 2.04. The van der Waals surface area contributed by atoms with Crippen LogP contribution in [0.25, 0.3) is 0 Å². The van der Waals surface area contributed by atoms with Crippen LogP contribution in [0.2, 0.25) is 0 Å². The number of ether oxygens (including phenoxy) is 3. The van der Waals surface area contributed by atoms with Gasteiger partial charge in [-0.05, 0) is 76.1 Å². The molecule has 0 bridgehead atoms. The summed E-state index contributed by atoms with van der Waals surface area (Å²) < 4.78 is 17.3. The predicted molar refractivity (Wildman–Crippen MR) is 109 cm³/mol. The van der Waals surface area contributed by atoms with E-state index in [1.54, 1.807) is 14.0 Å². The van der Waals surface area contributed by atoms with Crippen LogP contribution in [-0.4, -0.2) is 24.7 Å². The van der Waals surface area contributed by atoms with Crippen molar-refractivity contribution in [2.24, 2.45) is 0 Å². The standard InChI is InChI=1S/C23H29NO4/c1-14-7-8-18(11-15(14)2)27-16(3)22(25)24-20-13-23(4,5)28-21-10-9-17(26-6)12-19(20)21/h7-12,16,20H,13H2,1-6H3,(H,24,25)/t16-,20+/m0/s1. The van der Waals surface area contributed by atoms with E-state index in [1.165, 1.54) is 5.56 Å². The summed E-state index contributed by atoms with van der Waals surface area (Å²) in [5.41, 5.74) is 2.87. The Morgan fingerprint density at radius 2 is 1.86 bits per heavy atom. The summed E-state index contributed by atoms with van der Waals surface area (Å²) in [5, 5.41) is 3.13. The summed E-state index contributed by atoms with van der Waals surface area (Å²) in [6, 6.07) is 11.4. The third kappa shape index (κ3) is 4.41. The van der Waals surface area contributed by atoms with Crippen molar-refractivity contribution in [2.75, 3.05) is 7.11 Å². The van der Waals surface area contributed by atoms with Crippen LogP contribution in [0.1, 0.15) is 49.9 Å². The van der Waals surface area contributed by atoms with Crippen LogP contribution in [-0.2, 0) is 4.79 Å². The van der Waals surface area contributed by atoms with Gasteiger partial charge in [-0.15, -0.1) is 0 Å². The van der Waals surface area contributed by atoms with Crippen molar-refractivity contribution in [3.63, 3.8) is 0 Å². The molecule has 0 saturated carbocycles. The number of fused-ring (bicyclic) bond motifs is 1. The van der Waals surface area contributed by atoms with Crippen LogP contribution in [0.4, 0.5) is 0 Å². The zero-order chi connectivity index (χ0) is 20.5. The van der Waals surface area contributed by atoms with Crippen molar-refractivity contribution in [2.45, 2.75) is 58.8 Å². The summed E-state index contributed by atoms with van der Waals surface area (Å²) in [6.45, 7) is 9.89. The van der Waals surface area contributed by atoms with Crippen molar-refractivity contribution in [3.8, 4) is 17.2 Å². The lowest BCUT2D eigenvalue weighted by Crippen LogP contribution is -2.44. The van der Waals surface area contributed by atoms with Crippen LogP contribution >= 0.6 is 0 Å². The maximum Gasteiger partial charge on any atom is 0.261 e. The summed E-state index contributed by atoms with van der Waals surface area (Å²) >= 11 is 0. The van der Waals surface area contributed by atoms with Crippen LogP contribution in [0, 0.1) is 13.8 Å². The molecule has 2 atom stereocenters. The van der Waals surface area contributed by atoms with E-state index in [0.29, 0.717) is 12.2 Å². The van der Waals surface area contributed by atoms with E-state index in [4.69, 9.17) is 14.2 Å². The topological polar surface area (TPSA) is 56.8 Å². The second-order valence-corrected chi connectivity index (χ2v) is 8.04. The lowest BCUT2D eigenvalue weighted by atomic mass is 9.89. The Bertz CT molecular complexity index is 875. The molecular weight excluding hydrogens is 354 g/mol. The monoisotopic (exact) mass is 383 g/mol. The largest absolute Gasteiger partial charge is 0.497 e. The highest BCUT2D eigenvalue weighted by atomic mass is 16.5. The van der Waals surface area contributed by atoms with Gasteiger partial charge in [0.2, 0.25) is 0 Å². The number of benzene rings is 2. The first-order chi connectivity index (χ1) is 13.2. The third-order valence-corrected chi connectivity index (χ3v) is 5.15. The van der Waals surface area contributed by atoms with Gasteiger partial charge in [0.15, 0.2) is 6.10 Å². The number of carbonyl (C=O) groups is 1. The Labute approximate surface area is 167 Å². The number of hydrogen-bond acceptors (Lipinski definition) is 4. The van der Waals surface area contributed by atoms with Crippen molar-refractivity contribution in [1.29, 1.82) is 0 Å². The fraction of sp³-hybridized carbons (Fsp3) is 0.435. The number of methoxy groups -OCH3 is 1. The molecule has 3 rings (SSSR count). The van der Waals surface area contributed by atoms with E-state index in [1.807, 2.05) is 64.1 Å². The zero-order valence-electron chi connectivity index (χ0n) is 17.5. The molecule has 0 aliphatic carbocycles. The number of rotatable bonds is 5. The average Bonchev–Trinajstić information content (AvgIpc) is 2.63. The van der Waals surface area contributed by atoms with Crippen molar-refractivity contribution in [3.05, 3.63) is 53.1 Å². The Hall–Kier alpha value is -2.69. The van der Waals surface area contributed by atoms with Gasteiger partial charge in [0.25, 0.3) is 5.91 Å². The number of nitrogens with one attached hydrogen (secondary N) is 1. The van der Waals surface area contributed by atoms with Gasteiger partial charge in [-0.3, -0.25) is 4.79 Å². The van der Waals surface area contributed by atoms with Crippen molar-refractivity contribution >= 4 is 5.91 Å². The van der Waals surface area contributed by atoms with E-state index in [-0.39, 0.29) is 17.6 Å². The summed E-state index contributed by atoms with van der Waals surface area (Å²) in [7, 11) is 1.63. The van der Waals surface area contributed by atoms with Gasteiger partial charge in [0.05, 0.1) is 13.2 Å².